The highest BCUT2D eigenvalue weighted by Gasteiger charge is 2.09. The van der Waals surface area contributed by atoms with Crippen molar-refractivity contribution in [1.82, 2.24) is 10.3 Å². The number of nitrogens with one attached hydrogen (secondary N) is 1. The Morgan fingerprint density at radius 2 is 2.11 bits per heavy atom. The average molecular weight is 259 g/mol. The summed E-state index contributed by atoms with van der Waals surface area (Å²) in [5.74, 6) is 1.19. The molecule has 0 bridgehead atoms. The molecule has 5 nitrogen and oxygen atoms in total. The van der Waals surface area contributed by atoms with Gasteiger partial charge in [-0.3, -0.25) is 4.79 Å². The van der Waals surface area contributed by atoms with E-state index in [0.29, 0.717) is 18.1 Å². The maximum Gasteiger partial charge on any atom is 0.224 e. The van der Waals surface area contributed by atoms with Gasteiger partial charge in [0.1, 0.15) is 5.76 Å². The Morgan fingerprint density at radius 3 is 2.74 bits per heavy atom. The lowest BCUT2D eigenvalue weighted by molar-refractivity contribution is -0.120. The first-order chi connectivity index (χ1) is 9.06. The molecule has 3 N–H and O–H groups in total. The number of para-hydroxylation sites is 1. The van der Waals surface area contributed by atoms with E-state index in [1.807, 2.05) is 32.0 Å². The van der Waals surface area contributed by atoms with E-state index < -0.39 is 0 Å². The van der Waals surface area contributed by atoms with Crippen LogP contribution in [-0.2, 0) is 17.8 Å². The third-order valence-corrected chi connectivity index (χ3v) is 2.92. The van der Waals surface area contributed by atoms with Gasteiger partial charge >= 0.3 is 0 Å². The van der Waals surface area contributed by atoms with Crippen LogP contribution in [0.5, 0.6) is 0 Å². The SMILES string of the molecule is Cc1nc(CNC(=O)Cc2ccccc2N)oc1C. The Balaban J connectivity index is 1.90. The highest BCUT2D eigenvalue weighted by atomic mass is 16.4. The monoisotopic (exact) mass is 259 g/mol. The number of aromatic nitrogens is 1. The number of hydrogen-bond acceptors (Lipinski definition) is 4. The summed E-state index contributed by atoms with van der Waals surface area (Å²) in [6.45, 7) is 4.01. The highest BCUT2D eigenvalue weighted by Crippen LogP contribution is 2.11. The number of oxazole rings is 1. The zero-order valence-corrected chi connectivity index (χ0v) is 11.1. The van der Waals surface area contributed by atoms with Gasteiger partial charge in [-0.15, -0.1) is 0 Å². The predicted octanol–water partition coefficient (Wildman–Crippen LogP) is 1.73. The third-order valence-electron chi connectivity index (χ3n) is 2.92. The van der Waals surface area contributed by atoms with Crippen LogP contribution in [0.2, 0.25) is 0 Å². The molecule has 0 aliphatic rings. The zero-order valence-electron chi connectivity index (χ0n) is 11.1. The van der Waals surface area contributed by atoms with Crippen LogP contribution in [0.15, 0.2) is 28.7 Å². The molecule has 1 aromatic carbocycles. The highest BCUT2D eigenvalue weighted by molar-refractivity contribution is 5.80. The summed E-state index contributed by atoms with van der Waals surface area (Å²) in [5.41, 5.74) is 8.08. The van der Waals surface area contributed by atoms with E-state index in [0.717, 1.165) is 17.0 Å². The van der Waals surface area contributed by atoms with Crippen molar-refractivity contribution >= 4 is 11.6 Å². The quantitative estimate of drug-likeness (QED) is 0.819. The smallest absolute Gasteiger partial charge is 0.224 e. The summed E-state index contributed by atoms with van der Waals surface area (Å²) in [7, 11) is 0. The number of anilines is 1. The van der Waals surface area contributed by atoms with Crippen LogP contribution < -0.4 is 11.1 Å². The van der Waals surface area contributed by atoms with Crippen molar-refractivity contribution in [3.63, 3.8) is 0 Å². The minimum Gasteiger partial charge on any atom is -0.444 e. The molecular weight excluding hydrogens is 242 g/mol. The largest absolute Gasteiger partial charge is 0.444 e. The standard InChI is InChI=1S/C14H17N3O2/c1-9-10(2)19-14(17-9)8-16-13(18)7-11-5-3-4-6-12(11)15/h3-6H,7-8,15H2,1-2H3,(H,16,18). The Morgan fingerprint density at radius 1 is 1.37 bits per heavy atom. The second-order valence-electron chi connectivity index (χ2n) is 4.40. The van der Waals surface area contributed by atoms with Crippen molar-refractivity contribution in [2.45, 2.75) is 26.8 Å². The van der Waals surface area contributed by atoms with E-state index in [2.05, 4.69) is 10.3 Å². The minimum absolute atomic E-state index is 0.105. The number of amides is 1. The molecule has 19 heavy (non-hydrogen) atoms. The summed E-state index contributed by atoms with van der Waals surface area (Å²) in [4.78, 5) is 16.0. The molecule has 2 aromatic rings. The van der Waals surface area contributed by atoms with Crippen LogP contribution in [0.4, 0.5) is 5.69 Å². The Labute approximate surface area is 111 Å². The number of rotatable bonds is 4. The molecule has 0 aliphatic carbocycles. The number of hydrogen-bond donors (Lipinski definition) is 2. The number of carbonyl (C=O) groups is 1. The van der Waals surface area contributed by atoms with E-state index in [1.165, 1.54) is 0 Å². The lowest BCUT2D eigenvalue weighted by Gasteiger charge is -2.05. The van der Waals surface area contributed by atoms with Crippen molar-refractivity contribution in [1.29, 1.82) is 0 Å². The fourth-order valence-corrected chi connectivity index (χ4v) is 1.72. The van der Waals surface area contributed by atoms with Gasteiger partial charge in [0.05, 0.1) is 18.7 Å². The van der Waals surface area contributed by atoms with Crippen LogP contribution >= 0.6 is 0 Å². The summed E-state index contributed by atoms with van der Waals surface area (Å²) in [6, 6.07) is 7.33. The number of nitrogen functional groups attached to an aromatic ring is 1. The second-order valence-corrected chi connectivity index (χ2v) is 4.40. The summed E-state index contributed by atoms with van der Waals surface area (Å²) in [6.07, 6.45) is 0.255. The molecule has 0 saturated carbocycles. The fourth-order valence-electron chi connectivity index (χ4n) is 1.72. The van der Waals surface area contributed by atoms with Crippen molar-refractivity contribution in [3.05, 3.63) is 47.2 Å². The van der Waals surface area contributed by atoms with Gasteiger partial charge < -0.3 is 15.5 Å². The molecular formula is C14H17N3O2. The van der Waals surface area contributed by atoms with Gasteiger partial charge in [0, 0.05) is 5.69 Å². The second kappa shape index (κ2) is 5.56. The van der Waals surface area contributed by atoms with Gasteiger partial charge in [-0.1, -0.05) is 18.2 Å². The maximum atomic E-state index is 11.8. The topological polar surface area (TPSA) is 81.2 Å². The van der Waals surface area contributed by atoms with Gasteiger partial charge in [-0.25, -0.2) is 4.98 Å². The number of benzene rings is 1. The first-order valence-corrected chi connectivity index (χ1v) is 6.09. The first kappa shape index (κ1) is 13.1. The van der Waals surface area contributed by atoms with Crippen LogP contribution in [0, 0.1) is 13.8 Å². The predicted molar refractivity (Wildman–Crippen MR) is 72.4 cm³/mol. The van der Waals surface area contributed by atoms with Crippen molar-refractivity contribution < 1.29 is 9.21 Å². The molecule has 0 unspecified atom stereocenters. The van der Waals surface area contributed by atoms with E-state index in [-0.39, 0.29) is 12.3 Å². The molecule has 0 atom stereocenters. The van der Waals surface area contributed by atoms with Crippen LogP contribution in [0.3, 0.4) is 0 Å². The number of nitrogens with zero attached hydrogens (tertiary/aromatic N) is 1. The van der Waals surface area contributed by atoms with Gasteiger partial charge in [-0.05, 0) is 25.5 Å². The maximum absolute atomic E-state index is 11.8. The lowest BCUT2D eigenvalue weighted by Crippen LogP contribution is -2.25. The number of nitrogens with two attached hydrogens (primary N) is 1. The minimum atomic E-state index is -0.105. The van der Waals surface area contributed by atoms with E-state index in [4.69, 9.17) is 10.2 Å². The van der Waals surface area contributed by atoms with E-state index in [1.54, 1.807) is 6.07 Å². The first-order valence-electron chi connectivity index (χ1n) is 6.09. The van der Waals surface area contributed by atoms with Gasteiger partial charge in [-0.2, -0.15) is 0 Å². The number of carbonyl (C=O) groups excluding carboxylic acids is 1. The molecule has 0 radical (unpaired) electrons. The molecule has 1 amide bonds. The summed E-state index contributed by atoms with van der Waals surface area (Å²) >= 11 is 0. The molecule has 1 heterocycles. The molecule has 0 spiro atoms. The molecule has 0 saturated heterocycles. The Kier molecular flexibility index (Phi) is 3.85. The van der Waals surface area contributed by atoms with Gasteiger partial charge in [0.15, 0.2) is 0 Å². The van der Waals surface area contributed by atoms with Gasteiger partial charge in [0.2, 0.25) is 11.8 Å². The molecule has 0 aliphatic heterocycles. The van der Waals surface area contributed by atoms with E-state index >= 15 is 0 Å². The third kappa shape index (κ3) is 3.34. The van der Waals surface area contributed by atoms with Crippen LogP contribution in [0.25, 0.3) is 0 Å². The van der Waals surface area contributed by atoms with Crippen molar-refractivity contribution in [2.24, 2.45) is 0 Å². The van der Waals surface area contributed by atoms with Crippen molar-refractivity contribution in [2.75, 3.05) is 5.73 Å². The fraction of sp³-hybridized carbons (Fsp3) is 0.286. The van der Waals surface area contributed by atoms with Crippen LogP contribution in [0.1, 0.15) is 22.9 Å². The molecule has 0 fully saturated rings. The van der Waals surface area contributed by atoms with Gasteiger partial charge in [0.25, 0.3) is 0 Å². The van der Waals surface area contributed by atoms with Crippen LogP contribution in [-0.4, -0.2) is 10.9 Å². The summed E-state index contributed by atoms with van der Waals surface area (Å²) < 4.78 is 5.39. The van der Waals surface area contributed by atoms with E-state index in [9.17, 15) is 4.79 Å². The Bertz CT molecular complexity index is 571. The van der Waals surface area contributed by atoms with Crippen molar-refractivity contribution in [3.8, 4) is 0 Å². The normalized spacial score (nSPS) is 10.4. The number of aryl methyl sites for hydroxylation is 2. The zero-order chi connectivity index (χ0) is 13.8. The summed E-state index contributed by atoms with van der Waals surface area (Å²) in [5, 5.41) is 2.76. The average Bonchev–Trinajstić information content (AvgIpc) is 2.69. The molecule has 100 valence electrons. The molecule has 5 heteroatoms. The lowest BCUT2D eigenvalue weighted by atomic mass is 10.1. The molecule has 1 aromatic heterocycles. The Hall–Kier alpha value is -2.30. The molecule has 2 rings (SSSR count).